The zero-order valence-electron chi connectivity index (χ0n) is 23.6. The van der Waals surface area contributed by atoms with E-state index in [0.717, 1.165) is 38.0 Å². The molecule has 0 aliphatic rings. The van der Waals surface area contributed by atoms with Gasteiger partial charge in [0.15, 0.2) is 0 Å². The van der Waals surface area contributed by atoms with Gasteiger partial charge in [0.25, 0.3) is 0 Å². The third-order valence-corrected chi connectivity index (χ3v) is 7.59. The minimum Gasteiger partial charge on any atom is -0.497 e. The second-order valence-electron chi connectivity index (χ2n) is 11.0. The molecule has 0 aromatic heterocycles. The Morgan fingerprint density at radius 2 is 1.47 bits per heavy atom. The number of hydrogen-bond donors (Lipinski definition) is 0. The molecule has 36 heavy (non-hydrogen) atoms. The SMILES string of the molecule is CCCCCCCCOC(CCCCC=C=C[Si](C)(C)C)C(c1ccccc1)c1ccc(OC)cc1. The average Bonchev–Trinajstić information content (AvgIpc) is 2.87. The normalized spacial score (nSPS) is 13.0. The summed E-state index contributed by atoms with van der Waals surface area (Å²) in [6, 6.07) is 19.5. The van der Waals surface area contributed by atoms with Crippen LogP contribution in [0.4, 0.5) is 0 Å². The average molecular weight is 507 g/mol. The van der Waals surface area contributed by atoms with E-state index >= 15 is 0 Å². The van der Waals surface area contributed by atoms with Crippen molar-refractivity contribution in [3.63, 3.8) is 0 Å². The highest BCUT2D eigenvalue weighted by atomic mass is 28.3. The van der Waals surface area contributed by atoms with Crippen molar-refractivity contribution in [3.8, 4) is 5.75 Å². The number of methoxy groups -OCH3 is 1. The molecule has 0 heterocycles. The summed E-state index contributed by atoms with van der Waals surface area (Å²) in [5, 5.41) is 0. The summed E-state index contributed by atoms with van der Waals surface area (Å²) >= 11 is 0. The second kappa shape index (κ2) is 17.4. The minimum atomic E-state index is -1.17. The molecular formula is C33H50O2Si. The Hall–Kier alpha value is -2.06. The first-order chi connectivity index (χ1) is 17.4. The largest absolute Gasteiger partial charge is 0.497 e. The number of ether oxygens (including phenoxy) is 2. The number of rotatable bonds is 18. The van der Waals surface area contributed by atoms with Gasteiger partial charge < -0.3 is 9.47 Å². The van der Waals surface area contributed by atoms with Crippen molar-refractivity contribution < 1.29 is 9.47 Å². The topological polar surface area (TPSA) is 18.5 Å². The summed E-state index contributed by atoms with van der Waals surface area (Å²) in [6.45, 7) is 10.2. The van der Waals surface area contributed by atoms with Crippen LogP contribution in [0.3, 0.4) is 0 Å². The molecule has 2 unspecified atom stereocenters. The van der Waals surface area contributed by atoms with Crippen LogP contribution in [0, 0.1) is 0 Å². The Kier molecular flexibility index (Phi) is 14.6. The van der Waals surface area contributed by atoms with E-state index in [4.69, 9.17) is 9.47 Å². The van der Waals surface area contributed by atoms with E-state index in [1.807, 2.05) is 0 Å². The van der Waals surface area contributed by atoms with Gasteiger partial charge in [-0.1, -0.05) is 113 Å². The van der Waals surface area contributed by atoms with Crippen LogP contribution in [0.1, 0.15) is 88.2 Å². The Morgan fingerprint density at radius 3 is 2.14 bits per heavy atom. The van der Waals surface area contributed by atoms with Crippen molar-refractivity contribution in [2.75, 3.05) is 13.7 Å². The van der Waals surface area contributed by atoms with Gasteiger partial charge >= 0.3 is 0 Å². The number of benzene rings is 2. The van der Waals surface area contributed by atoms with E-state index in [1.54, 1.807) is 7.11 Å². The molecule has 2 aromatic carbocycles. The lowest BCUT2D eigenvalue weighted by molar-refractivity contribution is 0.0324. The van der Waals surface area contributed by atoms with Crippen LogP contribution in [-0.2, 0) is 4.74 Å². The molecule has 3 heteroatoms. The van der Waals surface area contributed by atoms with Crippen LogP contribution < -0.4 is 4.74 Å². The van der Waals surface area contributed by atoms with Crippen molar-refractivity contribution in [3.05, 3.63) is 83.2 Å². The quantitative estimate of drug-likeness (QED) is 0.114. The van der Waals surface area contributed by atoms with Crippen LogP contribution in [0.15, 0.2) is 72.1 Å². The molecule has 0 saturated carbocycles. The van der Waals surface area contributed by atoms with Crippen molar-refractivity contribution in [2.45, 2.75) is 103 Å². The smallest absolute Gasteiger partial charge is 0.118 e. The van der Waals surface area contributed by atoms with Gasteiger partial charge in [-0.05, 0) is 55.0 Å². The summed E-state index contributed by atoms with van der Waals surface area (Å²) < 4.78 is 12.1. The van der Waals surface area contributed by atoms with Crippen molar-refractivity contribution >= 4 is 8.07 Å². The molecule has 0 amide bonds. The molecule has 0 aliphatic heterocycles. The van der Waals surface area contributed by atoms with Crippen molar-refractivity contribution in [2.24, 2.45) is 0 Å². The van der Waals surface area contributed by atoms with Crippen LogP contribution in [0.5, 0.6) is 5.75 Å². The lowest BCUT2D eigenvalue weighted by Crippen LogP contribution is -2.24. The fourth-order valence-electron chi connectivity index (χ4n) is 4.54. The molecule has 0 radical (unpaired) electrons. The van der Waals surface area contributed by atoms with E-state index in [0.29, 0.717) is 0 Å². The van der Waals surface area contributed by atoms with E-state index < -0.39 is 8.07 Å². The van der Waals surface area contributed by atoms with Crippen LogP contribution in [0.2, 0.25) is 19.6 Å². The summed E-state index contributed by atoms with van der Waals surface area (Å²) in [4.78, 5) is 0. The molecule has 0 spiro atoms. The van der Waals surface area contributed by atoms with Gasteiger partial charge in [-0.15, -0.1) is 5.73 Å². The summed E-state index contributed by atoms with van der Waals surface area (Å²) in [5.74, 6) is 1.12. The molecule has 2 rings (SSSR count). The van der Waals surface area contributed by atoms with Gasteiger partial charge in [0.05, 0.1) is 21.3 Å². The molecule has 2 atom stereocenters. The van der Waals surface area contributed by atoms with E-state index in [-0.39, 0.29) is 12.0 Å². The lowest BCUT2D eigenvalue weighted by Gasteiger charge is -2.29. The Bertz CT molecular complexity index is 876. The molecule has 2 aromatic rings. The Morgan fingerprint density at radius 1 is 0.806 bits per heavy atom. The molecule has 0 fully saturated rings. The molecule has 2 nitrogen and oxygen atoms in total. The van der Waals surface area contributed by atoms with Crippen molar-refractivity contribution in [1.82, 2.24) is 0 Å². The minimum absolute atomic E-state index is 0.165. The monoisotopic (exact) mass is 506 g/mol. The van der Waals surface area contributed by atoms with E-state index in [9.17, 15) is 0 Å². The fourth-order valence-corrected chi connectivity index (χ4v) is 5.16. The molecule has 0 N–H and O–H groups in total. The van der Waals surface area contributed by atoms with Gasteiger partial charge in [0.1, 0.15) is 5.75 Å². The van der Waals surface area contributed by atoms with Crippen LogP contribution in [0.25, 0.3) is 0 Å². The first kappa shape index (κ1) is 30.2. The first-order valence-electron chi connectivity index (χ1n) is 14.2. The summed E-state index contributed by atoms with van der Waals surface area (Å²) in [6.07, 6.45) is 14.6. The maximum atomic E-state index is 6.69. The lowest BCUT2D eigenvalue weighted by atomic mass is 9.84. The fraction of sp³-hybridized carbons (Fsp3) is 0.545. The number of allylic oxidation sites excluding steroid dienone is 1. The highest BCUT2D eigenvalue weighted by Crippen LogP contribution is 2.33. The number of unbranched alkanes of at least 4 members (excludes halogenated alkanes) is 7. The zero-order chi connectivity index (χ0) is 26.1. The highest BCUT2D eigenvalue weighted by molar-refractivity contribution is 6.80. The molecule has 198 valence electrons. The zero-order valence-corrected chi connectivity index (χ0v) is 24.6. The Labute approximate surface area is 222 Å². The third kappa shape index (κ3) is 12.3. The maximum absolute atomic E-state index is 6.69. The van der Waals surface area contributed by atoms with Gasteiger partial charge in [0.2, 0.25) is 0 Å². The predicted octanol–water partition coefficient (Wildman–Crippen LogP) is 9.72. The van der Waals surface area contributed by atoms with E-state index in [2.05, 4.69) is 98.7 Å². The molecule has 0 aliphatic carbocycles. The first-order valence-corrected chi connectivity index (χ1v) is 17.7. The summed E-state index contributed by atoms with van der Waals surface area (Å²) in [5.41, 5.74) is 8.36. The van der Waals surface area contributed by atoms with Crippen molar-refractivity contribution in [1.29, 1.82) is 0 Å². The third-order valence-electron chi connectivity index (χ3n) is 6.56. The Balaban J connectivity index is 2.10. The summed E-state index contributed by atoms with van der Waals surface area (Å²) in [7, 11) is 0.559. The highest BCUT2D eigenvalue weighted by Gasteiger charge is 2.25. The van der Waals surface area contributed by atoms with Crippen LogP contribution >= 0.6 is 0 Å². The molecule has 0 bridgehead atoms. The van der Waals surface area contributed by atoms with Crippen LogP contribution in [-0.4, -0.2) is 27.9 Å². The van der Waals surface area contributed by atoms with Gasteiger partial charge in [-0.2, -0.15) is 0 Å². The standard InChI is InChI=1S/C33H50O2Si/c1-6-7-8-9-12-18-27-35-32(22-17-11-10-13-19-28-36(3,4)5)33(29-20-15-14-16-21-29)30-23-25-31(34-2)26-24-30/h13-16,20-21,23-26,28,32-33H,6-12,17-18,22,27H2,1-5H3. The van der Waals surface area contributed by atoms with E-state index in [1.165, 1.54) is 49.7 Å². The molecule has 0 saturated heterocycles. The van der Waals surface area contributed by atoms with Gasteiger partial charge in [-0.25, -0.2) is 0 Å². The van der Waals surface area contributed by atoms with Gasteiger partial charge in [-0.3, -0.25) is 0 Å². The second-order valence-corrected chi connectivity index (χ2v) is 16.0. The number of hydrogen-bond acceptors (Lipinski definition) is 2. The predicted molar refractivity (Wildman–Crippen MR) is 159 cm³/mol. The molecular weight excluding hydrogens is 456 g/mol. The van der Waals surface area contributed by atoms with Gasteiger partial charge in [0, 0.05) is 12.5 Å². The maximum Gasteiger partial charge on any atom is 0.118 e.